The molecule has 2 aromatic rings. The van der Waals surface area contributed by atoms with Gasteiger partial charge in [0.15, 0.2) is 0 Å². The van der Waals surface area contributed by atoms with E-state index in [-0.39, 0.29) is 11.2 Å². The molecule has 1 aromatic carbocycles. The van der Waals surface area contributed by atoms with Crippen molar-refractivity contribution < 1.29 is 4.74 Å². The quantitative estimate of drug-likeness (QED) is 0.852. The second kappa shape index (κ2) is 5.59. The molecule has 0 radical (unpaired) electrons. The van der Waals surface area contributed by atoms with E-state index in [4.69, 9.17) is 4.74 Å². The predicted octanol–water partition coefficient (Wildman–Crippen LogP) is 3.55. The molecule has 0 bridgehead atoms. The van der Waals surface area contributed by atoms with Crippen molar-refractivity contribution in [1.29, 1.82) is 0 Å². The van der Waals surface area contributed by atoms with E-state index in [2.05, 4.69) is 5.10 Å². The zero-order valence-corrected chi connectivity index (χ0v) is 14.4. The van der Waals surface area contributed by atoms with E-state index in [1.54, 1.807) is 7.05 Å². The summed E-state index contributed by atoms with van der Waals surface area (Å²) in [5.74, 6) is 0.834. The molecule has 0 aliphatic carbocycles. The first-order valence-corrected chi connectivity index (χ1v) is 7.44. The highest BCUT2D eigenvalue weighted by molar-refractivity contribution is 5.72. The topological polar surface area (TPSA) is 44.1 Å². The molecule has 0 aliphatic heterocycles. The van der Waals surface area contributed by atoms with Crippen LogP contribution in [0.5, 0.6) is 5.75 Å². The van der Waals surface area contributed by atoms with Gasteiger partial charge in [-0.2, -0.15) is 5.10 Å². The molecule has 118 valence electrons. The molecule has 4 nitrogen and oxygen atoms in total. The fourth-order valence-corrected chi connectivity index (χ4v) is 2.67. The second-order valence-corrected chi connectivity index (χ2v) is 6.71. The third-order valence-corrected chi connectivity index (χ3v) is 3.54. The van der Waals surface area contributed by atoms with Gasteiger partial charge in [-0.15, -0.1) is 0 Å². The molecule has 0 saturated carbocycles. The fraction of sp³-hybridized carbons (Fsp3) is 0.444. The van der Waals surface area contributed by atoms with Gasteiger partial charge in [-0.05, 0) is 64.8 Å². The van der Waals surface area contributed by atoms with Crippen molar-refractivity contribution in [2.24, 2.45) is 7.05 Å². The Morgan fingerprint density at radius 2 is 1.77 bits per heavy atom. The van der Waals surface area contributed by atoms with Crippen LogP contribution in [-0.4, -0.2) is 15.4 Å². The first kappa shape index (κ1) is 16.3. The van der Waals surface area contributed by atoms with E-state index in [0.717, 1.165) is 33.7 Å². The minimum absolute atomic E-state index is 0.0602. The van der Waals surface area contributed by atoms with Gasteiger partial charge >= 0.3 is 0 Å². The second-order valence-electron chi connectivity index (χ2n) is 6.71. The Bertz CT molecular complexity index is 768. The molecule has 0 atom stereocenters. The van der Waals surface area contributed by atoms with Gasteiger partial charge in [-0.25, -0.2) is 4.68 Å². The molecule has 0 aliphatic rings. The SMILES string of the molecule is Cc1cc(OC(C)(C)C)ccc1-c1c(C)nn(C)c(=O)c1C. The van der Waals surface area contributed by atoms with E-state index in [1.165, 1.54) is 4.68 Å². The molecule has 0 N–H and O–H groups in total. The maximum absolute atomic E-state index is 12.2. The molecule has 0 fully saturated rings. The number of rotatable bonds is 2. The van der Waals surface area contributed by atoms with Gasteiger partial charge in [-0.1, -0.05) is 6.07 Å². The van der Waals surface area contributed by atoms with Gasteiger partial charge in [0, 0.05) is 18.2 Å². The molecule has 0 spiro atoms. The van der Waals surface area contributed by atoms with Crippen molar-refractivity contribution in [1.82, 2.24) is 9.78 Å². The largest absolute Gasteiger partial charge is 0.488 e. The highest BCUT2D eigenvalue weighted by Crippen LogP contribution is 2.30. The third kappa shape index (κ3) is 3.21. The summed E-state index contributed by atoms with van der Waals surface area (Å²) in [5, 5.41) is 4.31. The molecular weight excluding hydrogens is 276 g/mol. The van der Waals surface area contributed by atoms with E-state index in [9.17, 15) is 4.79 Å². The summed E-state index contributed by atoms with van der Waals surface area (Å²) < 4.78 is 7.28. The van der Waals surface area contributed by atoms with Gasteiger partial charge in [0.1, 0.15) is 11.4 Å². The summed E-state index contributed by atoms with van der Waals surface area (Å²) in [6, 6.07) is 5.97. The van der Waals surface area contributed by atoms with Crippen LogP contribution in [0.4, 0.5) is 0 Å². The summed E-state index contributed by atoms with van der Waals surface area (Å²) in [6.07, 6.45) is 0. The highest BCUT2D eigenvalue weighted by Gasteiger charge is 2.16. The molecule has 0 unspecified atom stereocenters. The monoisotopic (exact) mass is 300 g/mol. The summed E-state index contributed by atoms with van der Waals surface area (Å²) in [5.41, 5.74) is 4.31. The molecule has 22 heavy (non-hydrogen) atoms. The van der Waals surface area contributed by atoms with Crippen LogP contribution in [0.1, 0.15) is 37.6 Å². The lowest BCUT2D eigenvalue weighted by atomic mass is 9.96. The number of nitrogens with zero attached hydrogens (tertiary/aromatic N) is 2. The molecular formula is C18H24N2O2. The van der Waals surface area contributed by atoms with Crippen LogP contribution in [0.15, 0.2) is 23.0 Å². The summed E-state index contributed by atoms with van der Waals surface area (Å²) >= 11 is 0. The number of ether oxygens (including phenoxy) is 1. The van der Waals surface area contributed by atoms with Gasteiger partial charge in [0.05, 0.1) is 5.69 Å². The third-order valence-electron chi connectivity index (χ3n) is 3.54. The van der Waals surface area contributed by atoms with Crippen molar-refractivity contribution in [3.05, 3.63) is 45.4 Å². The van der Waals surface area contributed by atoms with Crippen molar-refractivity contribution in [3.63, 3.8) is 0 Å². The van der Waals surface area contributed by atoms with Crippen molar-refractivity contribution >= 4 is 0 Å². The van der Waals surface area contributed by atoms with Crippen molar-refractivity contribution in [2.45, 2.75) is 47.1 Å². The molecule has 2 rings (SSSR count). The fourth-order valence-electron chi connectivity index (χ4n) is 2.67. The first-order valence-electron chi connectivity index (χ1n) is 7.44. The van der Waals surface area contributed by atoms with Crippen LogP contribution >= 0.6 is 0 Å². The Labute approximate surface area is 131 Å². The Morgan fingerprint density at radius 3 is 2.32 bits per heavy atom. The average Bonchev–Trinajstić information content (AvgIpc) is 2.37. The standard InChI is InChI=1S/C18H24N2O2/c1-11-10-14(22-18(4,5)6)8-9-15(11)16-12(2)17(21)20(7)19-13(16)3/h8-10H,1-7H3. The van der Waals surface area contributed by atoms with E-state index < -0.39 is 0 Å². The Balaban J connectivity index is 2.56. The van der Waals surface area contributed by atoms with Crippen LogP contribution in [0.3, 0.4) is 0 Å². The minimum atomic E-state index is -0.232. The van der Waals surface area contributed by atoms with Gasteiger partial charge in [0.25, 0.3) is 5.56 Å². The normalized spacial score (nSPS) is 11.6. The van der Waals surface area contributed by atoms with Gasteiger partial charge in [-0.3, -0.25) is 4.79 Å². The lowest BCUT2D eigenvalue weighted by Crippen LogP contribution is -2.24. The number of hydrogen-bond acceptors (Lipinski definition) is 3. The number of hydrogen-bond donors (Lipinski definition) is 0. The van der Waals surface area contributed by atoms with Gasteiger partial charge in [0.2, 0.25) is 0 Å². The molecule has 0 amide bonds. The lowest BCUT2D eigenvalue weighted by molar-refractivity contribution is 0.131. The van der Waals surface area contributed by atoms with Crippen LogP contribution < -0.4 is 10.3 Å². The van der Waals surface area contributed by atoms with Gasteiger partial charge < -0.3 is 4.74 Å². The molecule has 1 heterocycles. The molecule has 1 aromatic heterocycles. The maximum Gasteiger partial charge on any atom is 0.270 e. The molecule has 0 saturated heterocycles. The van der Waals surface area contributed by atoms with Crippen LogP contribution in [0.25, 0.3) is 11.1 Å². The maximum atomic E-state index is 12.2. The number of benzene rings is 1. The smallest absolute Gasteiger partial charge is 0.270 e. The minimum Gasteiger partial charge on any atom is -0.488 e. The predicted molar refractivity (Wildman–Crippen MR) is 89.5 cm³/mol. The van der Waals surface area contributed by atoms with Crippen molar-refractivity contribution in [2.75, 3.05) is 0 Å². The summed E-state index contributed by atoms with van der Waals surface area (Å²) in [6.45, 7) is 11.9. The Morgan fingerprint density at radius 1 is 1.14 bits per heavy atom. The Kier molecular flexibility index (Phi) is 4.14. The average molecular weight is 300 g/mol. The van der Waals surface area contributed by atoms with Crippen LogP contribution in [0, 0.1) is 20.8 Å². The summed E-state index contributed by atoms with van der Waals surface area (Å²) in [7, 11) is 1.68. The number of aromatic nitrogens is 2. The van der Waals surface area contributed by atoms with E-state index in [0.29, 0.717) is 0 Å². The summed E-state index contributed by atoms with van der Waals surface area (Å²) in [4.78, 5) is 12.2. The van der Waals surface area contributed by atoms with Crippen LogP contribution in [-0.2, 0) is 7.05 Å². The Hall–Kier alpha value is -2.10. The zero-order valence-electron chi connectivity index (χ0n) is 14.4. The molecule has 4 heteroatoms. The van der Waals surface area contributed by atoms with Crippen LogP contribution in [0.2, 0.25) is 0 Å². The lowest BCUT2D eigenvalue weighted by Gasteiger charge is -2.22. The highest BCUT2D eigenvalue weighted by atomic mass is 16.5. The van der Waals surface area contributed by atoms with Crippen molar-refractivity contribution in [3.8, 4) is 16.9 Å². The number of aryl methyl sites for hydroxylation is 3. The van der Waals surface area contributed by atoms with E-state index >= 15 is 0 Å². The first-order chi connectivity index (χ1) is 10.1. The van der Waals surface area contributed by atoms with E-state index in [1.807, 2.05) is 59.7 Å². The zero-order chi connectivity index (χ0) is 16.7.